The highest BCUT2D eigenvalue weighted by atomic mass is 16.7. The molecule has 3 heteroatoms. The van der Waals surface area contributed by atoms with Crippen LogP contribution in [0.25, 0.3) is 0 Å². The lowest BCUT2D eigenvalue weighted by Gasteiger charge is -2.12. The molecule has 1 aromatic carbocycles. The first-order valence-corrected chi connectivity index (χ1v) is 5.64. The number of rotatable bonds is 2. The molecule has 1 aromatic heterocycles. The highest BCUT2D eigenvalue weighted by Crippen LogP contribution is 2.35. The van der Waals surface area contributed by atoms with Gasteiger partial charge in [0.05, 0.1) is 0 Å². The summed E-state index contributed by atoms with van der Waals surface area (Å²) >= 11 is 0. The Bertz CT molecular complexity index is 525. The molecule has 17 heavy (non-hydrogen) atoms. The zero-order valence-corrected chi connectivity index (χ0v) is 9.59. The predicted octanol–water partition coefficient (Wildman–Crippen LogP) is 2.96. The van der Waals surface area contributed by atoms with Gasteiger partial charge in [0.2, 0.25) is 6.79 Å². The van der Waals surface area contributed by atoms with Crippen LogP contribution < -0.4 is 9.47 Å². The van der Waals surface area contributed by atoms with Crippen molar-refractivity contribution in [3.05, 3.63) is 53.9 Å². The first-order chi connectivity index (χ1) is 8.34. The lowest BCUT2D eigenvalue weighted by molar-refractivity contribution is 0.174. The molecule has 2 heterocycles. The molecule has 1 aliphatic heterocycles. The van der Waals surface area contributed by atoms with Crippen LogP contribution in [0.15, 0.2) is 42.7 Å². The summed E-state index contributed by atoms with van der Waals surface area (Å²) in [6.45, 7) is 2.50. The lowest BCUT2D eigenvalue weighted by atomic mass is 9.94. The number of hydrogen-bond donors (Lipinski definition) is 0. The van der Waals surface area contributed by atoms with Crippen molar-refractivity contribution in [3.63, 3.8) is 0 Å². The van der Waals surface area contributed by atoms with Gasteiger partial charge in [0.15, 0.2) is 11.5 Å². The molecule has 0 spiro atoms. The van der Waals surface area contributed by atoms with Crippen molar-refractivity contribution in [2.45, 2.75) is 12.8 Å². The average Bonchev–Trinajstić information content (AvgIpc) is 2.86. The van der Waals surface area contributed by atoms with Gasteiger partial charge in [0.25, 0.3) is 0 Å². The Morgan fingerprint density at radius 2 is 1.76 bits per heavy atom. The van der Waals surface area contributed by atoms with Crippen molar-refractivity contribution in [3.8, 4) is 11.5 Å². The highest BCUT2D eigenvalue weighted by Gasteiger charge is 2.16. The third-order valence-electron chi connectivity index (χ3n) is 3.10. The molecule has 0 radical (unpaired) electrons. The number of benzene rings is 1. The molecule has 3 rings (SSSR count). The Hall–Kier alpha value is -2.03. The van der Waals surface area contributed by atoms with Crippen LogP contribution in [0.3, 0.4) is 0 Å². The standard InChI is InChI=1S/C14H13NO2/c1-10(11-4-6-15-7-5-11)12-2-3-13-14(8-12)17-9-16-13/h2-8,10H,9H2,1H3. The molecular formula is C14H13NO2. The molecule has 1 unspecified atom stereocenters. The van der Waals surface area contributed by atoms with E-state index in [9.17, 15) is 0 Å². The summed E-state index contributed by atoms with van der Waals surface area (Å²) in [5.74, 6) is 1.99. The second kappa shape index (κ2) is 4.09. The molecule has 3 nitrogen and oxygen atoms in total. The van der Waals surface area contributed by atoms with Crippen LogP contribution in [0.2, 0.25) is 0 Å². The van der Waals surface area contributed by atoms with Gasteiger partial charge in [-0.2, -0.15) is 0 Å². The molecule has 1 aliphatic rings. The van der Waals surface area contributed by atoms with Crippen molar-refractivity contribution in [2.24, 2.45) is 0 Å². The largest absolute Gasteiger partial charge is 0.454 e. The van der Waals surface area contributed by atoms with Gasteiger partial charge in [0, 0.05) is 18.3 Å². The summed E-state index contributed by atoms with van der Waals surface area (Å²) < 4.78 is 10.7. The van der Waals surface area contributed by atoms with Gasteiger partial charge >= 0.3 is 0 Å². The molecule has 2 aromatic rings. The zero-order valence-electron chi connectivity index (χ0n) is 9.59. The fraction of sp³-hybridized carbons (Fsp3) is 0.214. The minimum atomic E-state index is 0.322. The smallest absolute Gasteiger partial charge is 0.231 e. The van der Waals surface area contributed by atoms with E-state index in [0.717, 1.165) is 11.5 Å². The summed E-state index contributed by atoms with van der Waals surface area (Å²) in [6, 6.07) is 10.2. The third kappa shape index (κ3) is 1.84. The van der Waals surface area contributed by atoms with Crippen LogP contribution in [0, 0.1) is 0 Å². The Morgan fingerprint density at radius 3 is 2.59 bits per heavy atom. The number of pyridine rings is 1. The average molecular weight is 227 g/mol. The van der Waals surface area contributed by atoms with Crippen molar-refractivity contribution >= 4 is 0 Å². The van der Waals surface area contributed by atoms with E-state index in [1.807, 2.05) is 36.7 Å². The van der Waals surface area contributed by atoms with Crippen LogP contribution in [-0.4, -0.2) is 11.8 Å². The second-order valence-corrected chi connectivity index (χ2v) is 4.11. The van der Waals surface area contributed by atoms with Gasteiger partial charge in [-0.3, -0.25) is 4.98 Å². The Balaban J connectivity index is 1.94. The fourth-order valence-electron chi connectivity index (χ4n) is 2.03. The van der Waals surface area contributed by atoms with Crippen molar-refractivity contribution in [1.82, 2.24) is 4.98 Å². The molecule has 0 saturated heterocycles. The SMILES string of the molecule is CC(c1ccncc1)c1ccc2c(c1)OCO2. The van der Waals surface area contributed by atoms with Gasteiger partial charge in [-0.05, 0) is 35.4 Å². The van der Waals surface area contributed by atoms with Crippen LogP contribution in [0.4, 0.5) is 0 Å². The van der Waals surface area contributed by atoms with Crippen LogP contribution in [0.1, 0.15) is 24.0 Å². The van der Waals surface area contributed by atoms with E-state index in [4.69, 9.17) is 9.47 Å². The summed E-state index contributed by atoms with van der Waals surface area (Å²) in [4.78, 5) is 4.03. The van der Waals surface area contributed by atoms with Gasteiger partial charge in [0.1, 0.15) is 0 Å². The molecule has 0 amide bonds. The number of nitrogens with zero attached hydrogens (tertiary/aromatic N) is 1. The molecule has 0 saturated carbocycles. The minimum absolute atomic E-state index is 0.322. The number of hydrogen-bond acceptors (Lipinski definition) is 3. The predicted molar refractivity (Wildman–Crippen MR) is 64.3 cm³/mol. The zero-order chi connectivity index (χ0) is 11.7. The van der Waals surface area contributed by atoms with Crippen molar-refractivity contribution < 1.29 is 9.47 Å². The minimum Gasteiger partial charge on any atom is -0.454 e. The fourth-order valence-corrected chi connectivity index (χ4v) is 2.03. The normalized spacial score (nSPS) is 14.6. The summed E-state index contributed by atoms with van der Waals surface area (Å²) in [5.41, 5.74) is 2.47. The first-order valence-electron chi connectivity index (χ1n) is 5.64. The van der Waals surface area contributed by atoms with E-state index in [2.05, 4.69) is 18.0 Å². The maximum Gasteiger partial charge on any atom is 0.231 e. The van der Waals surface area contributed by atoms with Gasteiger partial charge in [-0.25, -0.2) is 0 Å². The van der Waals surface area contributed by atoms with E-state index in [1.54, 1.807) is 0 Å². The number of aromatic nitrogens is 1. The quantitative estimate of drug-likeness (QED) is 0.790. The number of ether oxygens (including phenoxy) is 2. The molecular weight excluding hydrogens is 214 g/mol. The van der Waals surface area contributed by atoms with E-state index >= 15 is 0 Å². The first kappa shape index (κ1) is 10.1. The summed E-state index contributed by atoms with van der Waals surface area (Å²) in [6.07, 6.45) is 3.64. The summed E-state index contributed by atoms with van der Waals surface area (Å²) in [5, 5.41) is 0. The monoisotopic (exact) mass is 227 g/mol. The van der Waals surface area contributed by atoms with E-state index in [0.29, 0.717) is 12.7 Å². The molecule has 0 aliphatic carbocycles. The van der Waals surface area contributed by atoms with Gasteiger partial charge in [-0.1, -0.05) is 13.0 Å². The van der Waals surface area contributed by atoms with Crippen LogP contribution in [0.5, 0.6) is 11.5 Å². The Kier molecular flexibility index (Phi) is 2.44. The lowest BCUT2D eigenvalue weighted by Crippen LogP contribution is -1.96. The van der Waals surface area contributed by atoms with E-state index in [-0.39, 0.29) is 0 Å². The Labute approximate surface area is 100 Å². The summed E-state index contributed by atoms with van der Waals surface area (Å²) in [7, 11) is 0. The van der Waals surface area contributed by atoms with E-state index in [1.165, 1.54) is 11.1 Å². The molecule has 0 fully saturated rings. The van der Waals surface area contributed by atoms with Crippen LogP contribution in [-0.2, 0) is 0 Å². The Morgan fingerprint density at radius 1 is 1.00 bits per heavy atom. The second-order valence-electron chi connectivity index (χ2n) is 4.11. The highest BCUT2D eigenvalue weighted by molar-refractivity contribution is 5.46. The molecule has 1 atom stereocenters. The van der Waals surface area contributed by atoms with Gasteiger partial charge < -0.3 is 9.47 Å². The molecule has 0 bridgehead atoms. The van der Waals surface area contributed by atoms with E-state index < -0.39 is 0 Å². The van der Waals surface area contributed by atoms with Crippen molar-refractivity contribution in [2.75, 3.05) is 6.79 Å². The van der Waals surface area contributed by atoms with Crippen molar-refractivity contribution in [1.29, 1.82) is 0 Å². The maximum absolute atomic E-state index is 5.39. The van der Waals surface area contributed by atoms with Gasteiger partial charge in [-0.15, -0.1) is 0 Å². The molecule has 0 N–H and O–H groups in total. The topological polar surface area (TPSA) is 31.4 Å². The molecule has 86 valence electrons. The van der Waals surface area contributed by atoms with Crippen LogP contribution >= 0.6 is 0 Å². The third-order valence-corrected chi connectivity index (χ3v) is 3.10. The maximum atomic E-state index is 5.39. The number of fused-ring (bicyclic) bond motifs is 1.